The minimum absolute atomic E-state index is 0.0426. The van der Waals surface area contributed by atoms with E-state index in [-0.39, 0.29) is 12.7 Å². The van der Waals surface area contributed by atoms with Gasteiger partial charge in [0.2, 0.25) is 5.91 Å². The summed E-state index contributed by atoms with van der Waals surface area (Å²) in [5.74, 6) is -0.422. The summed E-state index contributed by atoms with van der Waals surface area (Å²) in [6.07, 6.45) is 4.04. The highest BCUT2D eigenvalue weighted by Gasteiger charge is 2.19. The molecule has 0 saturated carbocycles. The molecule has 3 rings (SSSR count). The van der Waals surface area contributed by atoms with Crippen LogP contribution in [0, 0.1) is 0 Å². The van der Waals surface area contributed by atoms with Gasteiger partial charge < -0.3 is 20.5 Å². The van der Waals surface area contributed by atoms with E-state index in [1.165, 1.54) is 17.3 Å². The maximum atomic E-state index is 10.3. The van der Waals surface area contributed by atoms with Crippen LogP contribution in [0.4, 0.5) is 5.69 Å². The van der Waals surface area contributed by atoms with Gasteiger partial charge in [0.05, 0.1) is 19.3 Å². The zero-order valence-corrected chi connectivity index (χ0v) is 15.8. The number of ether oxygens (including phenoxy) is 1. The van der Waals surface area contributed by atoms with Crippen molar-refractivity contribution in [3.05, 3.63) is 71.8 Å². The lowest BCUT2D eigenvalue weighted by atomic mass is 10.1. The average Bonchev–Trinajstić information content (AvgIpc) is 2.73. The number of anilines is 1. The summed E-state index contributed by atoms with van der Waals surface area (Å²) in [4.78, 5) is 12.6. The number of aliphatic hydroxyl groups is 1. The van der Waals surface area contributed by atoms with Gasteiger partial charge in [0.25, 0.3) is 0 Å². The van der Waals surface area contributed by atoms with Crippen LogP contribution in [-0.2, 0) is 16.0 Å². The first-order valence-electron chi connectivity index (χ1n) is 9.21. The molecular weight excluding hydrogens is 340 g/mol. The van der Waals surface area contributed by atoms with Crippen molar-refractivity contribution < 1.29 is 14.6 Å². The summed E-state index contributed by atoms with van der Waals surface area (Å²) in [6.45, 7) is 4.65. The molecule has 3 N–H and O–H groups in total. The predicted molar refractivity (Wildman–Crippen MR) is 110 cm³/mol. The van der Waals surface area contributed by atoms with Gasteiger partial charge in [-0.1, -0.05) is 49.4 Å². The third-order valence-corrected chi connectivity index (χ3v) is 4.27. The number of nitrogens with two attached hydrogens (primary N) is 1. The number of rotatable bonds is 5. The Kier molecular flexibility index (Phi) is 8.55. The number of primary amides is 1. The van der Waals surface area contributed by atoms with Crippen molar-refractivity contribution >= 4 is 17.7 Å². The van der Waals surface area contributed by atoms with Crippen molar-refractivity contribution in [2.45, 2.75) is 19.4 Å². The normalized spacial score (nSPS) is 16.7. The van der Waals surface area contributed by atoms with E-state index in [1.54, 1.807) is 6.08 Å². The maximum absolute atomic E-state index is 10.3. The molecule has 1 fully saturated rings. The molecule has 144 valence electrons. The largest absolute Gasteiger partial charge is 0.394 e. The summed E-state index contributed by atoms with van der Waals surface area (Å²) >= 11 is 0. The summed E-state index contributed by atoms with van der Waals surface area (Å²) < 4.78 is 5.44. The van der Waals surface area contributed by atoms with Crippen LogP contribution in [0.3, 0.4) is 0 Å². The van der Waals surface area contributed by atoms with Crippen LogP contribution in [0.1, 0.15) is 18.1 Å². The van der Waals surface area contributed by atoms with E-state index in [4.69, 9.17) is 15.6 Å². The lowest BCUT2D eigenvalue weighted by Gasteiger charge is -2.33. The van der Waals surface area contributed by atoms with Crippen LogP contribution < -0.4 is 10.6 Å². The molecule has 1 atom stereocenters. The van der Waals surface area contributed by atoms with Crippen molar-refractivity contribution in [3.63, 3.8) is 0 Å². The summed E-state index contributed by atoms with van der Waals surface area (Å²) in [5, 5.41) is 9.10. The zero-order chi connectivity index (χ0) is 19.5. The molecule has 2 aromatic carbocycles. The molecule has 5 heteroatoms. The van der Waals surface area contributed by atoms with Gasteiger partial charge in [-0.15, -0.1) is 0 Å². The number of aliphatic hydroxyl groups excluding tert-OH is 1. The fraction of sp³-hybridized carbons (Fsp3) is 0.318. The second-order valence-electron chi connectivity index (χ2n) is 6.29. The molecule has 0 spiro atoms. The van der Waals surface area contributed by atoms with Crippen molar-refractivity contribution in [1.82, 2.24) is 0 Å². The standard InChI is InChI=1S/C13H19NO2.C9H9NO/c1-2-11-4-3-5-12(8-11)14-6-7-16-13(9-14)10-15;10-9(11)7-6-8-4-2-1-3-5-8/h3-5,8,13,15H,2,6-7,9-10H2,1H3;1-7H,(H2,10,11)/b;7-6+. The molecule has 2 aromatic rings. The van der Waals surface area contributed by atoms with E-state index >= 15 is 0 Å². The Morgan fingerprint density at radius 1 is 1.26 bits per heavy atom. The number of amides is 1. The highest BCUT2D eigenvalue weighted by molar-refractivity contribution is 5.90. The number of aryl methyl sites for hydroxylation is 1. The molecule has 0 aromatic heterocycles. The van der Waals surface area contributed by atoms with Gasteiger partial charge in [-0.2, -0.15) is 0 Å². The molecule has 1 unspecified atom stereocenters. The number of morpholine rings is 1. The third kappa shape index (κ3) is 7.25. The highest BCUT2D eigenvalue weighted by atomic mass is 16.5. The molecule has 1 saturated heterocycles. The second-order valence-corrected chi connectivity index (χ2v) is 6.29. The number of carbonyl (C=O) groups excluding carboxylic acids is 1. The smallest absolute Gasteiger partial charge is 0.241 e. The van der Waals surface area contributed by atoms with Crippen LogP contribution in [0.5, 0.6) is 0 Å². The molecule has 0 radical (unpaired) electrons. The maximum Gasteiger partial charge on any atom is 0.241 e. The van der Waals surface area contributed by atoms with Crippen LogP contribution >= 0.6 is 0 Å². The van der Waals surface area contributed by atoms with Gasteiger partial charge in [-0.25, -0.2) is 0 Å². The average molecular weight is 368 g/mol. The summed E-state index contributed by atoms with van der Waals surface area (Å²) in [7, 11) is 0. The van der Waals surface area contributed by atoms with Crippen LogP contribution in [0.2, 0.25) is 0 Å². The van der Waals surface area contributed by atoms with Gasteiger partial charge in [-0.05, 0) is 35.8 Å². The number of hydrogen-bond acceptors (Lipinski definition) is 4. The van der Waals surface area contributed by atoms with Crippen molar-refractivity contribution in [2.75, 3.05) is 31.2 Å². The molecule has 27 heavy (non-hydrogen) atoms. The van der Waals surface area contributed by atoms with Gasteiger partial charge >= 0.3 is 0 Å². The minimum Gasteiger partial charge on any atom is -0.394 e. The van der Waals surface area contributed by atoms with E-state index in [9.17, 15) is 4.79 Å². The van der Waals surface area contributed by atoms with E-state index in [0.29, 0.717) is 6.61 Å². The second kappa shape index (κ2) is 11.2. The van der Waals surface area contributed by atoms with Crippen molar-refractivity contribution in [2.24, 2.45) is 5.73 Å². The number of benzene rings is 2. The Balaban J connectivity index is 0.000000208. The Bertz CT molecular complexity index is 731. The van der Waals surface area contributed by atoms with E-state index < -0.39 is 5.91 Å². The topological polar surface area (TPSA) is 75.8 Å². The van der Waals surface area contributed by atoms with Crippen molar-refractivity contribution in [3.8, 4) is 0 Å². The van der Waals surface area contributed by atoms with Gasteiger partial charge in [0.1, 0.15) is 0 Å². The van der Waals surface area contributed by atoms with Gasteiger partial charge in [-0.3, -0.25) is 4.79 Å². The van der Waals surface area contributed by atoms with Crippen LogP contribution in [-0.4, -0.2) is 43.4 Å². The fourth-order valence-corrected chi connectivity index (χ4v) is 2.78. The van der Waals surface area contributed by atoms with Gasteiger partial charge in [0, 0.05) is 24.9 Å². The molecule has 1 aliphatic rings. The Morgan fingerprint density at radius 3 is 2.70 bits per heavy atom. The lowest BCUT2D eigenvalue weighted by molar-refractivity contribution is -0.113. The first kappa shape index (κ1) is 20.7. The molecule has 0 bridgehead atoms. The monoisotopic (exact) mass is 368 g/mol. The molecule has 5 nitrogen and oxygen atoms in total. The molecule has 1 amide bonds. The van der Waals surface area contributed by atoms with Crippen LogP contribution in [0.15, 0.2) is 60.7 Å². The number of carbonyl (C=O) groups is 1. The van der Waals surface area contributed by atoms with E-state index in [1.807, 2.05) is 30.3 Å². The Hall–Kier alpha value is -2.63. The SMILES string of the molecule is CCc1cccc(N2CCOC(CO)C2)c1.NC(=O)/C=C/c1ccccc1. The Morgan fingerprint density at radius 2 is 2.04 bits per heavy atom. The lowest BCUT2D eigenvalue weighted by Crippen LogP contribution is -2.44. The fourth-order valence-electron chi connectivity index (χ4n) is 2.78. The quantitative estimate of drug-likeness (QED) is 0.796. The van der Waals surface area contributed by atoms with E-state index in [0.717, 1.165) is 25.1 Å². The molecule has 1 heterocycles. The van der Waals surface area contributed by atoms with Gasteiger partial charge in [0.15, 0.2) is 0 Å². The molecule has 1 aliphatic heterocycles. The summed E-state index contributed by atoms with van der Waals surface area (Å²) in [5.41, 5.74) is 8.48. The molecular formula is C22H28N2O3. The van der Waals surface area contributed by atoms with Crippen molar-refractivity contribution in [1.29, 1.82) is 0 Å². The first-order chi connectivity index (χ1) is 13.1. The first-order valence-corrected chi connectivity index (χ1v) is 9.21. The highest BCUT2D eigenvalue weighted by Crippen LogP contribution is 2.19. The number of nitrogens with zero attached hydrogens (tertiary/aromatic N) is 1. The third-order valence-electron chi connectivity index (χ3n) is 4.27. The number of hydrogen-bond donors (Lipinski definition) is 2. The Labute approximate surface area is 161 Å². The van der Waals surface area contributed by atoms with E-state index in [2.05, 4.69) is 36.1 Å². The van der Waals surface area contributed by atoms with Crippen LogP contribution in [0.25, 0.3) is 6.08 Å². The molecule has 0 aliphatic carbocycles. The zero-order valence-electron chi connectivity index (χ0n) is 15.8. The predicted octanol–water partition coefficient (Wildman–Crippen LogP) is 2.63. The minimum atomic E-state index is -0.422. The summed E-state index contributed by atoms with van der Waals surface area (Å²) in [6, 6.07) is 18.1.